The smallest absolute Gasteiger partial charge is 0.241 e. The minimum atomic E-state index is -3.66. The van der Waals surface area contributed by atoms with E-state index in [1.807, 2.05) is 44.2 Å². The van der Waals surface area contributed by atoms with Gasteiger partial charge < -0.3 is 9.47 Å². The molecule has 142 valence electrons. The number of aryl methyl sites for hydroxylation is 1. The van der Waals surface area contributed by atoms with Crippen LogP contribution in [0.4, 0.5) is 0 Å². The Bertz CT molecular complexity index is 832. The summed E-state index contributed by atoms with van der Waals surface area (Å²) in [7, 11) is -2.07. The van der Waals surface area contributed by atoms with E-state index < -0.39 is 10.0 Å². The van der Waals surface area contributed by atoms with E-state index in [0.29, 0.717) is 17.1 Å². The lowest BCUT2D eigenvalue weighted by atomic mass is 10.0. The second kappa shape index (κ2) is 8.56. The van der Waals surface area contributed by atoms with Crippen LogP contribution in [0.15, 0.2) is 47.4 Å². The summed E-state index contributed by atoms with van der Waals surface area (Å²) in [5.41, 5.74) is 1.52. The van der Waals surface area contributed by atoms with E-state index in [1.165, 1.54) is 0 Å². The summed E-state index contributed by atoms with van der Waals surface area (Å²) in [5, 5.41) is 0. The van der Waals surface area contributed by atoms with Gasteiger partial charge in [-0.3, -0.25) is 0 Å². The number of hydrogen-bond acceptors (Lipinski definition) is 4. The SMILES string of the molecule is COc1cc(C)c(S(=O)(=O)N[C@H](C)COc2ccccc2)cc1C(C)C. The Kier molecular flexibility index (Phi) is 6.67. The molecule has 0 aliphatic carbocycles. The highest BCUT2D eigenvalue weighted by molar-refractivity contribution is 7.89. The van der Waals surface area contributed by atoms with E-state index in [9.17, 15) is 8.42 Å². The van der Waals surface area contributed by atoms with Crippen LogP contribution in [0.5, 0.6) is 11.5 Å². The molecule has 1 atom stereocenters. The Labute approximate surface area is 156 Å². The van der Waals surface area contributed by atoms with Crippen LogP contribution in [0.1, 0.15) is 37.8 Å². The van der Waals surface area contributed by atoms with Crippen molar-refractivity contribution in [2.45, 2.75) is 44.6 Å². The molecule has 26 heavy (non-hydrogen) atoms. The van der Waals surface area contributed by atoms with Crippen LogP contribution in [-0.2, 0) is 10.0 Å². The van der Waals surface area contributed by atoms with Gasteiger partial charge in [0.2, 0.25) is 10.0 Å². The zero-order valence-corrected chi connectivity index (χ0v) is 16.8. The molecule has 0 saturated carbocycles. The normalized spacial score (nSPS) is 12.8. The molecular weight excluding hydrogens is 350 g/mol. The van der Waals surface area contributed by atoms with Crippen LogP contribution in [0.25, 0.3) is 0 Å². The van der Waals surface area contributed by atoms with Crippen molar-refractivity contribution in [3.05, 3.63) is 53.6 Å². The molecule has 0 aliphatic heterocycles. The topological polar surface area (TPSA) is 64.6 Å². The molecule has 0 aromatic heterocycles. The largest absolute Gasteiger partial charge is 0.496 e. The molecule has 0 amide bonds. The van der Waals surface area contributed by atoms with E-state index in [1.54, 1.807) is 33.1 Å². The third-order valence-electron chi connectivity index (χ3n) is 4.04. The molecule has 0 unspecified atom stereocenters. The molecular formula is C20H27NO4S. The van der Waals surface area contributed by atoms with Crippen molar-refractivity contribution in [3.8, 4) is 11.5 Å². The van der Waals surface area contributed by atoms with Gasteiger partial charge in [0, 0.05) is 0 Å². The summed E-state index contributed by atoms with van der Waals surface area (Å²) in [4.78, 5) is 0.272. The van der Waals surface area contributed by atoms with Crippen molar-refractivity contribution in [1.82, 2.24) is 4.72 Å². The van der Waals surface area contributed by atoms with Gasteiger partial charge in [-0.05, 0) is 55.2 Å². The van der Waals surface area contributed by atoms with E-state index in [0.717, 1.165) is 5.56 Å². The van der Waals surface area contributed by atoms with Crippen LogP contribution in [0.2, 0.25) is 0 Å². The molecule has 0 fully saturated rings. The van der Waals surface area contributed by atoms with Gasteiger partial charge in [-0.1, -0.05) is 32.0 Å². The molecule has 5 nitrogen and oxygen atoms in total. The fourth-order valence-corrected chi connectivity index (χ4v) is 4.18. The number of sulfonamides is 1. The van der Waals surface area contributed by atoms with Gasteiger partial charge in [-0.15, -0.1) is 0 Å². The lowest BCUT2D eigenvalue weighted by Crippen LogP contribution is -2.37. The number of rotatable bonds is 8. The Morgan fingerprint density at radius 1 is 1.08 bits per heavy atom. The number of hydrogen-bond donors (Lipinski definition) is 1. The second-order valence-electron chi connectivity index (χ2n) is 6.66. The van der Waals surface area contributed by atoms with E-state index in [4.69, 9.17) is 9.47 Å². The molecule has 0 radical (unpaired) electrons. The highest BCUT2D eigenvalue weighted by atomic mass is 32.2. The first kappa shape index (κ1) is 20.3. The van der Waals surface area contributed by atoms with Crippen LogP contribution < -0.4 is 14.2 Å². The van der Waals surface area contributed by atoms with E-state index in [-0.39, 0.29) is 23.5 Å². The third kappa shape index (κ3) is 4.99. The maximum absolute atomic E-state index is 12.8. The van der Waals surface area contributed by atoms with Crippen LogP contribution in [0.3, 0.4) is 0 Å². The molecule has 2 aromatic carbocycles. The minimum Gasteiger partial charge on any atom is -0.496 e. The first-order valence-corrected chi connectivity index (χ1v) is 10.1. The molecule has 0 spiro atoms. The number of nitrogens with one attached hydrogen (secondary N) is 1. The van der Waals surface area contributed by atoms with Gasteiger partial charge in [0.05, 0.1) is 18.0 Å². The molecule has 6 heteroatoms. The van der Waals surface area contributed by atoms with Crippen molar-refractivity contribution in [2.75, 3.05) is 13.7 Å². The molecule has 2 rings (SSSR count). The standard InChI is InChI=1S/C20H27NO4S/c1-14(2)18-12-20(15(3)11-19(18)24-5)26(22,23)21-16(4)13-25-17-9-7-6-8-10-17/h6-12,14,16,21H,13H2,1-5H3/t16-/m1/s1. The molecule has 1 N–H and O–H groups in total. The van der Waals surface area contributed by atoms with Crippen molar-refractivity contribution in [2.24, 2.45) is 0 Å². The van der Waals surface area contributed by atoms with Gasteiger partial charge in [0.1, 0.15) is 18.1 Å². The van der Waals surface area contributed by atoms with Gasteiger partial charge >= 0.3 is 0 Å². The highest BCUT2D eigenvalue weighted by Crippen LogP contribution is 2.31. The van der Waals surface area contributed by atoms with E-state index >= 15 is 0 Å². The molecule has 0 saturated heterocycles. The fraction of sp³-hybridized carbons (Fsp3) is 0.400. The molecule has 0 heterocycles. The quantitative estimate of drug-likeness (QED) is 0.758. The first-order valence-electron chi connectivity index (χ1n) is 8.63. The van der Waals surface area contributed by atoms with Gasteiger partial charge in [0.25, 0.3) is 0 Å². The van der Waals surface area contributed by atoms with Crippen molar-refractivity contribution < 1.29 is 17.9 Å². The van der Waals surface area contributed by atoms with Gasteiger partial charge in [-0.25, -0.2) is 13.1 Å². The summed E-state index contributed by atoms with van der Waals surface area (Å²) in [6, 6.07) is 12.4. The maximum Gasteiger partial charge on any atom is 0.241 e. The zero-order valence-electron chi connectivity index (χ0n) is 15.9. The van der Waals surface area contributed by atoms with Crippen molar-refractivity contribution in [3.63, 3.8) is 0 Å². The summed E-state index contributed by atoms with van der Waals surface area (Å²) in [6.45, 7) is 7.81. The second-order valence-corrected chi connectivity index (χ2v) is 8.34. The Morgan fingerprint density at radius 3 is 2.31 bits per heavy atom. The molecule has 2 aromatic rings. The Hall–Kier alpha value is -2.05. The maximum atomic E-state index is 12.8. The number of benzene rings is 2. The average Bonchev–Trinajstić information content (AvgIpc) is 2.59. The van der Waals surface area contributed by atoms with Crippen LogP contribution in [0, 0.1) is 6.92 Å². The predicted molar refractivity (Wildman–Crippen MR) is 104 cm³/mol. The monoisotopic (exact) mass is 377 g/mol. The third-order valence-corrected chi connectivity index (χ3v) is 5.77. The lowest BCUT2D eigenvalue weighted by Gasteiger charge is -2.19. The summed E-state index contributed by atoms with van der Waals surface area (Å²) in [5.74, 6) is 1.57. The summed E-state index contributed by atoms with van der Waals surface area (Å²) >= 11 is 0. The van der Waals surface area contributed by atoms with Crippen LogP contribution in [-0.4, -0.2) is 28.2 Å². The van der Waals surface area contributed by atoms with Gasteiger partial charge in [0.15, 0.2) is 0 Å². The fourth-order valence-electron chi connectivity index (χ4n) is 2.70. The van der Waals surface area contributed by atoms with Gasteiger partial charge in [-0.2, -0.15) is 0 Å². The lowest BCUT2D eigenvalue weighted by molar-refractivity contribution is 0.287. The number of methoxy groups -OCH3 is 1. The molecule has 0 aliphatic rings. The van der Waals surface area contributed by atoms with Crippen molar-refractivity contribution >= 4 is 10.0 Å². The first-order chi connectivity index (χ1) is 12.2. The van der Waals surface area contributed by atoms with Crippen LogP contribution >= 0.6 is 0 Å². The average molecular weight is 378 g/mol. The minimum absolute atomic E-state index is 0.151. The zero-order chi connectivity index (χ0) is 19.3. The summed E-state index contributed by atoms with van der Waals surface area (Å²) < 4.78 is 39.4. The highest BCUT2D eigenvalue weighted by Gasteiger charge is 2.23. The number of ether oxygens (including phenoxy) is 2. The Balaban J connectivity index is 2.17. The Morgan fingerprint density at radius 2 is 1.73 bits per heavy atom. The summed E-state index contributed by atoms with van der Waals surface area (Å²) in [6.07, 6.45) is 0. The van der Waals surface area contributed by atoms with E-state index in [2.05, 4.69) is 4.72 Å². The molecule has 0 bridgehead atoms. The predicted octanol–water partition coefficient (Wildman–Crippen LogP) is 3.87. The number of para-hydroxylation sites is 1. The van der Waals surface area contributed by atoms with Crippen molar-refractivity contribution in [1.29, 1.82) is 0 Å².